The van der Waals surface area contributed by atoms with Crippen LogP contribution in [0.2, 0.25) is 0 Å². The van der Waals surface area contributed by atoms with Gasteiger partial charge in [-0.15, -0.1) is 0 Å². The van der Waals surface area contributed by atoms with Crippen molar-refractivity contribution in [2.24, 2.45) is 5.10 Å². The molecule has 3 rings (SSSR count). The lowest BCUT2D eigenvalue weighted by Crippen LogP contribution is -2.17. The van der Waals surface area contributed by atoms with Crippen molar-refractivity contribution < 1.29 is 13.9 Å². The lowest BCUT2D eigenvalue weighted by Gasteiger charge is -2.09. The molecule has 0 fully saturated rings. The van der Waals surface area contributed by atoms with Gasteiger partial charge in [0.1, 0.15) is 18.2 Å². The first-order valence-corrected chi connectivity index (χ1v) is 9.85. The summed E-state index contributed by atoms with van der Waals surface area (Å²) in [5, 5.41) is 3.93. The van der Waals surface area contributed by atoms with Gasteiger partial charge < -0.3 is 4.74 Å². The smallest absolute Gasteiger partial charge is 0.271 e. The van der Waals surface area contributed by atoms with Gasteiger partial charge in [0.05, 0.1) is 10.7 Å². The summed E-state index contributed by atoms with van der Waals surface area (Å²) < 4.78 is 20.5. The summed E-state index contributed by atoms with van der Waals surface area (Å²) >= 11 is 6.88. The minimum Gasteiger partial charge on any atom is -0.488 e. The number of hydrogen-bond acceptors (Lipinski definition) is 3. The number of hydrazone groups is 1. The highest BCUT2D eigenvalue weighted by molar-refractivity contribution is 9.10. The molecular weight excluding hydrogens is 491 g/mol. The second kappa shape index (κ2) is 9.61. The molecule has 0 spiro atoms. The van der Waals surface area contributed by atoms with E-state index in [-0.39, 0.29) is 0 Å². The molecule has 0 aliphatic carbocycles. The Balaban J connectivity index is 1.57. The van der Waals surface area contributed by atoms with Gasteiger partial charge in [0.25, 0.3) is 5.91 Å². The van der Waals surface area contributed by atoms with Crippen LogP contribution in [-0.2, 0) is 6.61 Å². The second-order valence-electron chi connectivity index (χ2n) is 5.81. The fourth-order valence-electron chi connectivity index (χ4n) is 2.29. The molecule has 7 heteroatoms. The molecule has 0 atom stereocenters. The average molecular weight is 506 g/mol. The third-order valence-electron chi connectivity index (χ3n) is 3.75. The van der Waals surface area contributed by atoms with E-state index in [1.54, 1.807) is 0 Å². The van der Waals surface area contributed by atoms with Gasteiger partial charge in [0.15, 0.2) is 0 Å². The van der Waals surface area contributed by atoms with E-state index < -0.39 is 11.7 Å². The zero-order chi connectivity index (χ0) is 19.9. The van der Waals surface area contributed by atoms with E-state index in [4.69, 9.17) is 4.74 Å². The molecule has 0 heterocycles. The first-order chi connectivity index (χ1) is 13.5. The molecule has 0 aromatic heterocycles. The molecule has 0 unspecified atom stereocenters. The lowest BCUT2D eigenvalue weighted by atomic mass is 10.2. The van der Waals surface area contributed by atoms with Crippen molar-refractivity contribution in [3.63, 3.8) is 0 Å². The Bertz CT molecular complexity index is 990. The Morgan fingerprint density at radius 1 is 1.04 bits per heavy atom. The molecule has 0 saturated heterocycles. The van der Waals surface area contributed by atoms with Crippen molar-refractivity contribution in [1.29, 1.82) is 0 Å². The van der Waals surface area contributed by atoms with E-state index in [0.29, 0.717) is 17.9 Å². The molecule has 3 aromatic rings. The number of halogens is 3. The predicted octanol–water partition coefficient (Wildman–Crippen LogP) is 5.69. The second-order valence-corrected chi connectivity index (χ2v) is 7.58. The van der Waals surface area contributed by atoms with Crippen molar-refractivity contribution in [1.82, 2.24) is 5.43 Å². The van der Waals surface area contributed by atoms with E-state index in [0.717, 1.165) is 20.1 Å². The fourth-order valence-corrected chi connectivity index (χ4v) is 3.06. The van der Waals surface area contributed by atoms with Gasteiger partial charge in [0, 0.05) is 10.0 Å². The Morgan fingerprint density at radius 2 is 1.75 bits per heavy atom. The number of hydrogen-bond donors (Lipinski definition) is 1. The molecule has 28 heavy (non-hydrogen) atoms. The highest BCUT2D eigenvalue weighted by Gasteiger charge is 2.05. The molecule has 1 N–H and O–H groups in total. The Kier molecular flexibility index (Phi) is 6.95. The molecule has 4 nitrogen and oxygen atoms in total. The van der Waals surface area contributed by atoms with E-state index in [2.05, 4.69) is 42.4 Å². The summed E-state index contributed by atoms with van der Waals surface area (Å²) in [6.45, 7) is 0.451. The first kappa shape index (κ1) is 20.2. The number of amides is 1. The molecule has 0 aliphatic heterocycles. The van der Waals surface area contributed by atoms with Crippen LogP contribution in [0.1, 0.15) is 21.5 Å². The maximum absolute atomic E-state index is 12.9. The van der Waals surface area contributed by atoms with Gasteiger partial charge in [-0.25, -0.2) is 9.82 Å². The monoisotopic (exact) mass is 504 g/mol. The molecule has 142 valence electrons. The number of carbonyl (C=O) groups is 1. The lowest BCUT2D eigenvalue weighted by molar-refractivity contribution is 0.0955. The van der Waals surface area contributed by atoms with E-state index in [9.17, 15) is 9.18 Å². The van der Waals surface area contributed by atoms with Gasteiger partial charge in [0.2, 0.25) is 0 Å². The number of nitrogens with zero attached hydrogens (tertiary/aromatic N) is 1. The Hall–Kier alpha value is -2.51. The molecular formula is C21H15Br2FN2O2. The normalized spacial score (nSPS) is 10.8. The minimum atomic E-state index is -0.412. The van der Waals surface area contributed by atoms with Gasteiger partial charge in [-0.1, -0.05) is 28.1 Å². The number of benzene rings is 3. The SMILES string of the molecule is O=C(N/N=C\c1ccc(OCc2ccc(Br)cc2)c(Br)c1)c1ccc(F)cc1. The number of rotatable bonds is 6. The van der Waals surface area contributed by atoms with Crippen molar-refractivity contribution in [3.8, 4) is 5.75 Å². The largest absolute Gasteiger partial charge is 0.488 e. The third kappa shape index (κ3) is 5.74. The van der Waals surface area contributed by atoms with Crippen LogP contribution >= 0.6 is 31.9 Å². The van der Waals surface area contributed by atoms with Crippen LogP contribution in [0, 0.1) is 5.82 Å². The maximum atomic E-state index is 12.9. The van der Waals surface area contributed by atoms with Gasteiger partial charge in [-0.2, -0.15) is 5.10 Å². The van der Waals surface area contributed by atoms with Crippen LogP contribution in [0.25, 0.3) is 0 Å². The molecule has 3 aromatic carbocycles. The number of ether oxygens (including phenoxy) is 1. The molecule has 0 radical (unpaired) electrons. The molecule has 0 saturated carbocycles. The zero-order valence-corrected chi connectivity index (χ0v) is 17.7. The van der Waals surface area contributed by atoms with Crippen LogP contribution in [0.5, 0.6) is 5.75 Å². The number of nitrogens with one attached hydrogen (secondary N) is 1. The third-order valence-corrected chi connectivity index (χ3v) is 4.90. The van der Waals surface area contributed by atoms with Gasteiger partial charge >= 0.3 is 0 Å². The highest BCUT2D eigenvalue weighted by Crippen LogP contribution is 2.26. The summed E-state index contributed by atoms with van der Waals surface area (Å²) in [4.78, 5) is 11.9. The van der Waals surface area contributed by atoms with E-state index >= 15 is 0 Å². The van der Waals surface area contributed by atoms with E-state index in [1.807, 2.05) is 42.5 Å². The highest BCUT2D eigenvalue weighted by atomic mass is 79.9. The topological polar surface area (TPSA) is 50.7 Å². The van der Waals surface area contributed by atoms with Gasteiger partial charge in [-0.05, 0) is 81.7 Å². The van der Waals surface area contributed by atoms with Crippen molar-refractivity contribution in [3.05, 3.63) is 98.2 Å². The summed E-state index contributed by atoms with van der Waals surface area (Å²) in [7, 11) is 0. The summed E-state index contributed by atoms with van der Waals surface area (Å²) in [6, 6.07) is 18.6. The van der Waals surface area contributed by atoms with Crippen LogP contribution < -0.4 is 10.2 Å². The molecule has 0 bridgehead atoms. The number of carbonyl (C=O) groups excluding carboxylic acids is 1. The van der Waals surface area contributed by atoms with Gasteiger partial charge in [-0.3, -0.25) is 4.79 Å². The quantitative estimate of drug-likeness (QED) is 0.345. The van der Waals surface area contributed by atoms with Crippen molar-refractivity contribution in [2.45, 2.75) is 6.61 Å². The standard InChI is InChI=1S/C21H15Br2FN2O2/c22-17-6-1-14(2-7-17)13-28-20-10-3-15(11-19(20)23)12-25-26-21(27)16-4-8-18(24)9-5-16/h1-12H,13H2,(H,26,27)/b25-12-. The molecule has 0 aliphatic rings. The maximum Gasteiger partial charge on any atom is 0.271 e. The van der Waals surface area contributed by atoms with Crippen LogP contribution in [0.15, 0.2) is 80.8 Å². The minimum absolute atomic E-state index is 0.330. The van der Waals surface area contributed by atoms with Crippen LogP contribution in [-0.4, -0.2) is 12.1 Å². The van der Waals surface area contributed by atoms with Crippen LogP contribution in [0.4, 0.5) is 4.39 Å². The molecule has 1 amide bonds. The fraction of sp³-hybridized carbons (Fsp3) is 0.0476. The Labute approximate surface area is 178 Å². The average Bonchev–Trinajstić information content (AvgIpc) is 2.69. The van der Waals surface area contributed by atoms with E-state index in [1.165, 1.54) is 30.5 Å². The Morgan fingerprint density at radius 3 is 2.43 bits per heavy atom. The van der Waals surface area contributed by atoms with Crippen molar-refractivity contribution in [2.75, 3.05) is 0 Å². The summed E-state index contributed by atoms with van der Waals surface area (Å²) in [5.41, 5.74) is 4.58. The summed E-state index contributed by atoms with van der Waals surface area (Å²) in [5.74, 6) is -0.104. The first-order valence-electron chi connectivity index (χ1n) is 8.27. The zero-order valence-electron chi connectivity index (χ0n) is 14.5. The predicted molar refractivity (Wildman–Crippen MR) is 114 cm³/mol. The van der Waals surface area contributed by atoms with Crippen molar-refractivity contribution >= 4 is 44.0 Å². The van der Waals surface area contributed by atoms with Crippen LogP contribution in [0.3, 0.4) is 0 Å². The summed E-state index contributed by atoms with van der Waals surface area (Å²) in [6.07, 6.45) is 1.52.